The zero-order valence-corrected chi connectivity index (χ0v) is 17.6. The summed E-state index contributed by atoms with van der Waals surface area (Å²) in [4.78, 5) is 13.7. The Hall–Kier alpha value is -3.05. The molecule has 5 heteroatoms. The fourth-order valence-corrected chi connectivity index (χ4v) is 4.50. The van der Waals surface area contributed by atoms with Crippen molar-refractivity contribution in [2.24, 2.45) is 0 Å². The van der Waals surface area contributed by atoms with Crippen molar-refractivity contribution in [2.45, 2.75) is 33.5 Å². The number of aromatic nitrogens is 1. The van der Waals surface area contributed by atoms with Crippen LogP contribution in [0.25, 0.3) is 21.5 Å². The highest BCUT2D eigenvalue weighted by Gasteiger charge is 2.18. The lowest BCUT2D eigenvalue weighted by Crippen LogP contribution is -2.34. The number of carbonyl (C=O) groups is 1. The SMILES string of the molecule is CCn1c(-c2cccs2)c(CNC(=O)NCc2ccc(C)cc2)c2ccccc21. The second-order valence-corrected chi connectivity index (χ2v) is 8.04. The number of hydrogen-bond donors (Lipinski definition) is 2. The number of aryl methyl sites for hydroxylation is 2. The van der Waals surface area contributed by atoms with Gasteiger partial charge in [-0.15, -0.1) is 11.3 Å². The maximum atomic E-state index is 12.4. The first-order chi connectivity index (χ1) is 14.2. The molecule has 2 aromatic carbocycles. The second kappa shape index (κ2) is 8.53. The second-order valence-electron chi connectivity index (χ2n) is 7.09. The molecule has 0 saturated carbocycles. The van der Waals surface area contributed by atoms with Gasteiger partial charge in [-0.2, -0.15) is 0 Å². The van der Waals surface area contributed by atoms with Crippen LogP contribution < -0.4 is 10.6 Å². The Kier molecular flexibility index (Phi) is 5.67. The molecule has 2 aromatic heterocycles. The highest BCUT2D eigenvalue weighted by molar-refractivity contribution is 7.13. The van der Waals surface area contributed by atoms with E-state index in [-0.39, 0.29) is 6.03 Å². The van der Waals surface area contributed by atoms with E-state index in [1.807, 2.05) is 12.1 Å². The number of fused-ring (bicyclic) bond motifs is 1. The summed E-state index contributed by atoms with van der Waals surface area (Å²) in [6, 6.07) is 20.7. The van der Waals surface area contributed by atoms with E-state index in [9.17, 15) is 4.79 Å². The number of para-hydroxylation sites is 1. The molecule has 4 rings (SSSR count). The summed E-state index contributed by atoms with van der Waals surface area (Å²) in [6.07, 6.45) is 0. The van der Waals surface area contributed by atoms with Crippen LogP contribution in [0.2, 0.25) is 0 Å². The van der Waals surface area contributed by atoms with E-state index in [2.05, 4.69) is 83.0 Å². The summed E-state index contributed by atoms with van der Waals surface area (Å²) in [5.74, 6) is 0. The molecular weight excluding hydrogens is 378 g/mol. The number of rotatable bonds is 6. The summed E-state index contributed by atoms with van der Waals surface area (Å²) in [6.45, 7) is 6.10. The van der Waals surface area contributed by atoms with Gasteiger partial charge in [0.1, 0.15) is 0 Å². The van der Waals surface area contributed by atoms with Gasteiger partial charge < -0.3 is 15.2 Å². The number of urea groups is 1. The van der Waals surface area contributed by atoms with Gasteiger partial charge in [0.25, 0.3) is 0 Å². The molecule has 2 N–H and O–H groups in total. The predicted octanol–water partition coefficient (Wildman–Crippen LogP) is 5.70. The maximum Gasteiger partial charge on any atom is 0.315 e. The number of benzene rings is 2. The Bertz CT molecular complexity index is 1110. The van der Waals surface area contributed by atoms with E-state index in [0.29, 0.717) is 13.1 Å². The minimum Gasteiger partial charge on any atom is -0.340 e. The minimum absolute atomic E-state index is 0.156. The smallest absolute Gasteiger partial charge is 0.315 e. The van der Waals surface area contributed by atoms with Gasteiger partial charge in [0.2, 0.25) is 0 Å². The van der Waals surface area contributed by atoms with Crippen LogP contribution >= 0.6 is 11.3 Å². The Morgan fingerprint density at radius 3 is 2.45 bits per heavy atom. The summed E-state index contributed by atoms with van der Waals surface area (Å²) >= 11 is 1.73. The lowest BCUT2D eigenvalue weighted by molar-refractivity contribution is 0.240. The molecule has 0 aliphatic heterocycles. The van der Waals surface area contributed by atoms with Crippen molar-refractivity contribution in [1.29, 1.82) is 0 Å². The molecule has 4 aromatic rings. The molecule has 0 spiro atoms. The molecule has 0 atom stereocenters. The van der Waals surface area contributed by atoms with Crippen LogP contribution in [0.15, 0.2) is 66.0 Å². The third-order valence-electron chi connectivity index (χ3n) is 5.15. The Balaban J connectivity index is 1.55. The lowest BCUT2D eigenvalue weighted by Gasteiger charge is -2.11. The summed E-state index contributed by atoms with van der Waals surface area (Å²) in [7, 11) is 0. The largest absolute Gasteiger partial charge is 0.340 e. The molecule has 2 amide bonds. The molecule has 29 heavy (non-hydrogen) atoms. The number of hydrogen-bond acceptors (Lipinski definition) is 2. The summed E-state index contributed by atoms with van der Waals surface area (Å²) in [5.41, 5.74) is 5.87. The van der Waals surface area contributed by atoms with E-state index in [1.54, 1.807) is 11.3 Å². The first-order valence-electron chi connectivity index (χ1n) is 9.88. The van der Waals surface area contributed by atoms with Crippen LogP contribution in [-0.2, 0) is 19.6 Å². The molecular formula is C24H25N3OS. The van der Waals surface area contributed by atoms with Crippen LogP contribution in [0.3, 0.4) is 0 Å². The number of thiophene rings is 1. The van der Waals surface area contributed by atoms with E-state index in [0.717, 1.165) is 17.7 Å². The van der Waals surface area contributed by atoms with E-state index in [1.165, 1.54) is 27.0 Å². The van der Waals surface area contributed by atoms with E-state index < -0.39 is 0 Å². The normalized spacial score (nSPS) is 11.0. The van der Waals surface area contributed by atoms with Crippen LogP contribution in [0.1, 0.15) is 23.6 Å². The highest BCUT2D eigenvalue weighted by Crippen LogP contribution is 2.36. The van der Waals surface area contributed by atoms with Crippen molar-refractivity contribution in [1.82, 2.24) is 15.2 Å². The molecule has 2 heterocycles. The predicted molar refractivity (Wildman–Crippen MR) is 121 cm³/mol. The van der Waals surface area contributed by atoms with Crippen LogP contribution in [0.5, 0.6) is 0 Å². The fourth-order valence-electron chi connectivity index (χ4n) is 3.70. The van der Waals surface area contributed by atoms with Crippen molar-refractivity contribution in [3.8, 4) is 10.6 Å². The van der Waals surface area contributed by atoms with Gasteiger partial charge in [0, 0.05) is 36.1 Å². The standard InChI is InChI=1S/C24H25N3OS/c1-3-27-21-8-5-4-7-19(21)20(23(27)22-9-6-14-29-22)16-26-24(28)25-15-18-12-10-17(2)11-13-18/h4-14H,3,15-16H2,1-2H3,(H2,25,26,28). The lowest BCUT2D eigenvalue weighted by atomic mass is 10.1. The maximum absolute atomic E-state index is 12.4. The van der Waals surface area contributed by atoms with Gasteiger partial charge in [-0.1, -0.05) is 54.1 Å². The van der Waals surface area contributed by atoms with Gasteiger partial charge in [-0.05, 0) is 36.9 Å². The van der Waals surface area contributed by atoms with E-state index in [4.69, 9.17) is 0 Å². The van der Waals surface area contributed by atoms with Gasteiger partial charge in [-0.3, -0.25) is 0 Å². The summed E-state index contributed by atoms with van der Waals surface area (Å²) in [5, 5.41) is 9.30. The molecule has 4 nitrogen and oxygen atoms in total. The van der Waals surface area contributed by atoms with Crippen LogP contribution in [0.4, 0.5) is 4.79 Å². The first-order valence-corrected chi connectivity index (χ1v) is 10.8. The van der Waals surface area contributed by atoms with Gasteiger partial charge in [0.15, 0.2) is 0 Å². The molecule has 0 radical (unpaired) electrons. The zero-order chi connectivity index (χ0) is 20.2. The molecule has 0 fully saturated rings. The van der Waals surface area contributed by atoms with Crippen molar-refractivity contribution < 1.29 is 4.79 Å². The molecule has 0 aliphatic rings. The minimum atomic E-state index is -0.156. The number of amides is 2. The Labute approximate surface area is 175 Å². The molecule has 0 aliphatic carbocycles. The van der Waals surface area contributed by atoms with Crippen molar-refractivity contribution >= 4 is 28.3 Å². The average Bonchev–Trinajstić information content (AvgIpc) is 3.37. The zero-order valence-electron chi connectivity index (χ0n) is 16.7. The quantitative estimate of drug-likeness (QED) is 0.426. The molecule has 0 bridgehead atoms. The van der Waals surface area contributed by atoms with Gasteiger partial charge in [-0.25, -0.2) is 4.79 Å². The Morgan fingerprint density at radius 1 is 0.966 bits per heavy atom. The van der Waals surface area contributed by atoms with Crippen LogP contribution in [-0.4, -0.2) is 10.6 Å². The molecule has 148 valence electrons. The Morgan fingerprint density at radius 2 is 1.72 bits per heavy atom. The topological polar surface area (TPSA) is 46.1 Å². The van der Waals surface area contributed by atoms with Crippen molar-refractivity contribution in [3.63, 3.8) is 0 Å². The monoisotopic (exact) mass is 403 g/mol. The van der Waals surface area contributed by atoms with Gasteiger partial charge in [0.05, 0.1) is 10.6 Å². The number of nitrogens with zero attached hydrogens (tertiary/aromatic N) is 1. The summed E-state index contributed by atoms with van der Waals surface area (Å²) < 4.78 is 2.34. The van der Waals surface area contributed by atoms with Gasteiger partial charge >= 0.3 is 6.03 Å². The highest BCUT2D eigenvalue weighted by atomic mass is 32.1. The third-order valence-corrected chi connectivity index (χ3v) is 6.02. The third kappa shape index (κ3) is 4.05. The molecule has 0 saturated heterocycles. The van der Waals surface area contributed by atoms with E-state index >= 15 is 0 Å². The average molecular weight is 404 g/mol. The van der Waals surface area contributed by atoms with Crippen LogP contribution in [0, 0.1) is 6.92 Å². The number of nitrogens with one attached hydrogen (secondary N) is 2. The molecule has 0 unspecified atom stereocenters. The first kappa shape index (κ1) is 19.3. The fraction of sp³-hybridized carbons (Fsp3) is 0.208. The number of carbonyl (C=O) groups excluding carboxylic acids is 1. The van der Waals surface area contributed by atoms with Crippen molar-refractivity contribution in [3.05, 3.63) is 82.7 Å². The van der Waals surface area contributed by atoms with Crippen molar-refractivity contribution in [2.75, 3.05) is 0 Å².